The highest BCUT2D eigenvalue weighted by molar-refractivity contribution is 8.14. The maximum absolute atomic E-state index is 12.9. The van der Waals surface area contributed by atoms with Crippen LogP contribution in [0.3, 0.4) is 0 Å². The topological polar surface area (TPSA) is 88.9 Å². The first-order valence-electron chi connectivity index (χ1n) is 8.51. The third-order valence-corrected chi connectivity index (χ3v) is 4.98. The third-order valence-electron chi connectivity index (χ3n) is 4.08. The number of carbonyl (C=O) groups excluding carboxylic acids is 1. The largest absolute Gasteiger partial charge is 0.862 e. The zero-order valence-corrected chi connectivity index (χ0v) is 15.7. The lowest BCUT2D eigenvalue weighted by molar-refractivity contribution is -0.759. The van der Waals surface area contributed by atoms with Crippen LogP contribution >= 0.6 is 11.8 Å². The number of halogens is 1. The normalized spacial score (nSPS) is 15.9. The lowest BCUT2D eigenvalue weighted by atomic mass is 10.2. The molecule has 1 aromatic heterocycles. The van der Waals surface area contributed by atoms with Gasteiger partial charge in [0.2, 0.25) is 10.4 Å². The summed E-state index contributed by atoms with van der Waals surface area (Å²) in [5.41, 5.74) is 0.397. The maximum Gasteiger partial charge on any atom is 0.324 e. The van der Waals surface area contributed by atoms with Crippen LogP contribution in [-0.4, -0.2) is 60.2 Å². The fourth-order valence-corrected chi connectivity index (χ4v) is 3.26. The van der Waals surface area contributed by atoms with Crippen molar-refractivity contribution >= 4 is 28.7 Å². The van der Waals surface area contributed by atoms with Crippen LogP contribution in [0.15, 0.2) is 40.0 Å². The van der Waals surface area contributed by atoms with E-state index in [0.29, 0.717) is 5.56 Å². The van der Waals surface area contributed by atoms with Crippen LogP contribution in [-0.2, 0) is 0 Å². The number of nitrogens with zero attached hydrogens (tertiary/aromatic N) is 5. The molecular weight excluding hydrogens is 373 g/mol. The number of aliphatic imine (C=N–C) groups is 1. The van der Waals surface area contributed by atoms with Gasteiger partial charge in [0, 0.05) is 24.4 Å². The van der Waals surface area contributed by atoms with Gasteiger partial charge in [0.05, 0.1) is 17.9 Å². The maximum atomic E-state index is 12.9. The molecule has 144 valence electrons. The molecule has 27 heavy (non-hydrogen) atoms. The van der Waals surface area contributed by atoms with Crippen molar-refractivity contribution in [3.05, 3.63) is 41.8 Å². The standard InChI is InChI=1S/C17H20FN5O3S/c1-21-7-9-22(10-8-21)23-12-16(26-20-23)19-15(24)6-11-27-17(25)13-2-4-14(18)5-3-13/h2-5,12H,6-11H2,1H3. The van der Waals surface area contributed by atoms with Gasteiger partial charge in [-0.05, 0) is 43.6 Å². The molecule has 0 N–H and O–H groups in total. The smallest absolute Gasteiger partial charge is 0.324 e. The fraction of sp³-hybridized carbons (Fsp3) is 0.412. The first kappa shape index (κ1) is 19.3. The average molecular weight is 393 g/mol. The molecule has 1 aliphatic rings. The van der Waals surface area contributed by atoms with E-state index in [1.807, 2.05) is 5.01 Å². The summed E-state index contributed by atoms with van der Waals surface area (Å²) in [7, 11) is 2.06. The molecule has 1 saturated heterocycles. The van der Waals surface area contributed by atoms with E-state index in [1.165, 1.54) is 24.3 Å². The number of carbonyl (C=O) groups is 1. The molecule has 2 aromatic rings. The number of thioether (sulfide) groups is 1. The molecule has 0 amide bonds. The van der Waals surface area contributed by atoms with Crippen molar-refractivity contribution in [1.29, 1.82) is 0 Å². The van der Waals surface area contributed by atoms with E-state index in [4.69, 9.17) is 4.52 Å². The molecule has 0 aliphatic carbocycles. The van der Waals surface area contributed by atoms with Gasteiger partial charge in [0.15, 0.2) is 0 Å². The molecule has 0 spiro atoms. The van der Waals surface area contributed by atoms with Crippen molar-refractivity contribution in [3.63, 3.8) is 0 Å². The van der Waals surface area contributed by atoms with E-state index in [1.54, 1.807) is 11.0 Å². The summed E-state index contributed by atoms with van der Waals surface area (Å²) < 4.78 is 17.9. The number of likely N-dealkylation sites (N-methyl/N-ethyl adjacent to an activating group) is 1. The lowest BCUT2D eigenvalue weighted by Crippen LogP contribution is -2.64. The second kappa shape index (κ2) is 8.96. The predicted molar refractivity (Wildman–Crippen MR) is 97.0 cm³/mol. The minimum absolute atomic E-state index is 0.0901. The lowest BCUT2D eigenvalue weighted by Gasteiger charge is -2.26. The predicted octanol–water partition coefficient (Wildman–Crippen LogP) is 0.339. The Morgan fingerprint density at radius 3 is 2.74 bits per heavy atom. The van der Waals surface area contributed by atoms with Crippen LogP contribution in [0, 0.1) is 5.82 Å². The summed E-state index contributed by atoms with van der Waals surface area (Å²) in [4.78, 5) is 19.6. The van der Waals surface area contributed by atoms with E-state index in [0.717, 1.165) is 37.9 Å². The highest BCUT2D eigenvalue weighted by Crippen LogP contribution is 2.15. The minimum atomic E-state index is -0.397. The average Bonchev–Trinajstić information content (AvgIpc) is 3.11. The van der Waals surface area contributed by atoms with Gasteiger partial charge in [0.25, 0.3) is 6.20 Å². The van der Waals surface area contributed by atoms with Gasteiger partial charge in [-0.25, -0.2) is 9.38 Å². The molecular formula is C17H20FN5O3S. The number of hydrogen-bond acceptors (Lipinski definition) is 8. The van der Waals surface area contributed by atoms with Crippen LogP contribution in [0.4, 0.5) is 10.3 Å². The Bertz CT molecular complexity index is 803. The van der Waals surface area contributed by atoms with Crippen molar-refractivity contribution in [2.45, 2.75) is 6.42 Å². The van der Waals surface area contributed by atoms with Gasteiger partial charge in [-0.3, -0.25) is 9.32 Å². The van der Waals surface area contributed by atoms with Crippen molar-refractivity contribution in [3.8, 4) is 0 Å². The van der Waals surface area contributed by atoms with Crippen molar-refractivity contribution in [2.24, 2.45) is 4.99 Å². The van der Waals surface area contributed by atoms with Gasteiger partial charge in [0.1, 0.15) is 5.82 Å². The van der Waals surface area contributed by atoms with E-state index < -0.39 is 11.7 Å². The minimum Gasteiger partial charge on any atom is -0.862 e. The molecule has 0 radical (unpaired) electrons. The van der Waals surface area contributed by atoms with Crippen LogP contribution in [0.25, 0.3) is 0 Å². The Labute approximate surface area is 160 Å². The highest BCUT2D eigenvalue weighted by Gasteiger charge is 2.24. The first-order valence-corrected chi connectivity index (χ1v) is 9.49. The summed E-state index contributed by atoms with van der Waals surface area (Å²) in [6, 6.07) is 5.30. The Balaban J connectivity index is 1.48. The van der Waals surface area contributed by atoms with E-state index >= 15 is 0 Å². The first-order chi connectivity index (χ1) is 13.0. The zero-order chi connectivity index (χ0) is 19.2. The zero-order valence-electron chi connectivity index (χ0n) is 14.9. The van der Waals surface area contributed by atoms with Gasteiger partial charge in [-0.2, -0.15) is 5.01 Å². The Hall–Kier alpha value is -2.46. The van der Waals surface area contributed by atoms with Crippen LogP contribution in [0.1, 0.15) is 16.8 Å². The molecule has 0 saturated carbocycles. The van der Waals surface area contributed by atoms with Crippen LogP contribution < -0.4 is 14.9 Å². The van der Waals surface area contributed by atoms with E-state index in [-0.39, 0.29) is 23.2 Å². The number of piperazine rings is 1. The molecule has 2 heterocycles. The second-order valence-corrected chi connectivity index (χ2v) is 7.18. The second-order valence-electron chi connectivity index (χ2n) is 6.12. The summed E-state index contributed by atoms with van der Waals surface area (Å²) in [5.74, 6) is -0.373. The van der Waals surface area contributed by atoms with E-state index in [9.17, 15) is 14.3 Å². The molecule has 8 nitrogen and oxygen atoms in total. The SMILES string of the molecule is CN1CCN([n+]2cc(N=C([O-])CCSC(=O)c3ccc(F)cc3)on2)CC1. The quantitative estimate of drug-likeness (QED) is 0.397. The van der Waals surface area contributed by atoms with Gasteiger partial charge >= 0.3 is 5.88 Å². The summed E-state index contributed by atoms with van der Waals surface area (Å²) >= 11 is 0.996. The molecule has 0 unspecified atom stereocenters. The molecule has 10 heteroatoms. The Kier molecular flexibility index (Phi) is 6.40. The highest BCUT2D eigenvalue weighted by atomic mass is 32.2. The number of benzene rings is 1. The summed E-state index contributed by atoms with van der Waals surface area (Å²) in [6.07, 6.45) is 1.66. The molecule has 3 rings (SSSR count). The Morgan fingerprint density at radius 2 is 2.04 bits per heavy atom. The summed E-state index contributed by atoms with van der Waals surface area (Å²) in [5, 5.41) is 17.6. The van der Waals surface area contributed by atoms with E-state index in [2.05, 4.69) is 22.2 Å². The van der Waals surface area contributed by atoms with Gasteiger partial charge < -0.3 is 10.0 Å². The third kappa shape index (κ3) is 5.51. The van der Waals surface area contributed by atoms with Crippen LogP contribution in [0.2, 0.25) is 0 Å². The number of hydrogen-bond donors (Lipinski definition) is 0. The van der Waals surface area contributed by atoms with Crippen LogP contribution in [0.5, 0.6) is 0 Å². The summed E-state index contributed by atoms with van der Waals surface area (Å²) in [6.45, 7) is 3.46. The molecule has 1 fully saturated rings. The van der Waals surface area contributed by atoms with Crippen molar-refractivity contribution in [1.82, 2.24) is 10.2 Å². The molecule has 0 bridgehead atoms. The fourth-order valence-electron chi connectivity index (χ4n) is 2.49. The number of rotatable bonds is 6. The Morgan fingerprint density at radius 1 is 1.33 bits per heavy atom. The van der Waals surface area contributed by atoms with Gasteiger partial charge in [-0.1, -0.05) is 11.8 Å². The molecule has 0 atom stereocenters. The number of aromatic nitrogens is 2. The van der Waals surface area contributed by atoms with Crippen molar-refractivity contribution in [2.75, 3.05) is 44.0 Å². The molecule has 1 aliphatic heterocycles. The monoisotopic (exact) mass is 393 g/mol. The molecule has 1 aromatic carbocycles. The van der Waals surface area contributed by atoms with Crippen molar-refractivity contribution < 1.29 is 23.6 Å². The van der Waals surface area contributed by atoms with Gasteiger partial charge in [-0.15, -0.1) is 0 Å².